The lowest BCUT2D eigenvalue weighted by Gasteiger charge is -2.21. The van der Waals surface area contributed by atoms with Crippen LogP contribution < -0.4 is 9.64 Å². The van der Waals surface area contributed by atoms with Crippen LogP contribution in [0.3, 0.4) is 0 Å². The number of amides is 2. The van der Waals surface area contributed by atoms with Gasteiger partial charge in [-0.3, -0.25) is 9.59 Å². The summed E-state index contributed by atoms with van der Waals surface area (Å²) in [5, 5.41) is 9.82. The summed E-state index contributed by atoms with van der Waals surface area (Å²) in [5.41, 5.74) is 2.33. The fraction of sp³-hybridized carbons (Fsp3) is 0.304. The first kappa shape index (κ1) is 21.9. The van der Waals surface area contributed by atoms with Crippen LogP contribution in [0.5, 0.6) is 5.75 Å². The van der Waals surface area contributed by atoms with Gasteiger partial charge in [-0.15, -0.1) is 0 Å². The number of hydrogen-bond donors (Lipinski definition) is 1. The summed E-state index contributed by atoms with van der Waals surface area (Å²) in [6.45, 7) is 5.76. The molecule has 6 nitrogen and oxygen atoms in total. The van der Waals surface area contributed by atoms with E-state index in [0.717, 1.165) is 10.5 Å². The number of aryl methyl sites for hydroxylation is 1. The Morgan fingerprint density at radius 2 is 1.77 bits per heavy atom. The molecule has 0 bridgehead atoms. The number of anilines is 1. The molecule has 7 heteroatoms. The summed E-state index contributed by atoms with van der Waals surface area (Å²) in [5.74, 6) is -0.194. The van der Waals surface area contributed by atoms with E-state index in [0.29, 0.717) is 22.0 Å². The molecule has 0 radical (unpaired) electrons. The molecule has 30 heavy (non-hydrogen) atoms. The Morgan fingerprint density at radius 1 is 1.10 bits per heavy atom. The lowest BCUT2D eigenvalue weighted by Crippen LogP contribution is -2.35. The summed E-state index contributed by atoms with van der Waals surface area (Å²) in [7, 11) is 1.68. The minimum atomic E-state index is -0.446. The van der Waals surface area contributed by atoms with Crippen molar-refractivity contribution in [1.82, 2.24) is 4.90 Å². The van der Waals surface area contributed by atoms with Crippen LogP contribution in [-0.4, -0.2) is 48.1 Å². The third-order valence-corrected chi connectivity index (χ3v) is 5.04. The quantitative estimate of drug-likeness (QED) is 0.682. The van der Waals surface area contributed by atoms with Gasteiger partial charge in [-0.2, -0.15) is 0 Å². The van der Waals surface area contributed by atoms with Crippen LogP contribution >= 0.6 is 11.6 Å². The Morgan fingerprint density at radius 3 is 2.37 bits per heavy atom. The van der Waals surface area contributed by atoms with Gasteiger partial charge in [0, 0.05) is 18.6 Å². The van der Waals surface area contributed by atoms with Crippen LogP contribution in [0.25, 0.3) is 5.57 Å². The molecule has 1 aliphatic rings. The number of likely N-dealkylation sites (N-methyl/N-ethyl adjacent to an activating group) is 1. The molecule has 0 fully saturated rings. The van der Waals surface area contributed by atoms with Crippen molar-refractivity contribution >= 4 is 34.7 Å². The highest BCUT2D eigenvalue weighted by Gasteiger charge is 2.42. The van der Waals surface area contributed by atoms with E-state index in [4.69, 9.17) is 16.3 Å². The maximum atomic E-state index is 13.4. The van der Waals surface area contributed by atoms with E-state index in [9.17, 15) is 14.7 Å². The Kier molecular flexibility index (Phi) is 6.48. The van der Waals surface area contributed by atoms with Crippen molar-refractivity contribution in [1.29, 1.82) is 0 Å². The van der Waals surface area contributed by atoms with E-state index in [1.54, 1.807) is 54.4 Å². The number of hydrogen-bond acceptors (Lipinski definition) is 5. The summed E-state index contributed by atoms with van der Waals surface area (Å²) in [6, 6.07) is 12.2. The van der Waals surface area contributed by atoms with Crippen LogP contribution in [0.4, 0.5) is 5.69 Å². The van der Waals surface area contributed by atoms with E-state index < -0.39 is 11.8 Å². The van der Waals surface area contributed by atoms with Gasteiger partial charge in [-0.25, -0.2) is 4.90 Å². The highest BCUT2D eigenvalue weighted by atomic mass is 35.5. The zero-order valence-corrected chi connectivity index (χ0v) is 18.2. The number of carbonyl (C=O) groups excluding carboxylic acids is 2. The van der Waals surface area contributed by atoms with E-state index in [1.165, 1.54) is 0 Å². The molecule has 2 amide bonds. The third-order valence-electron chi connectivity index (χ3n) is 4.80. The minimum Gasteiger partial charge on any atom is -0.491 e. The molecular formula is C23H25ClN2O4. The third kappa shape index (κ3) is 4.20. The molecule has 0 atom stereocenters. The molecule has 1 N–H and O–H groups in total. The van der Waals surface area contributed by atoms with E-state index in [2.05, 4.69) is 0 Å². The van der Waals surface area contributed by atoms with Gasteiger partial charge in [0.2, 0.25) is 0 Å². The second-order valence-electron chi connectivity index (χ2n) is 7.44. The number of aliphatic hydroxyl groups is 1. The number of rotatable bonds is 7. The minimum absolute atomic E-state index is 0.0253. The van der Waals surface area contributed by atoms with Crippen molar-refractivity contribution in [2.24, 2.45) is 0 Å². The lowest BCUT2D eigenvalue weighted by atomic mass is 10.0. The molecule has 158 valence electrons. The van der Waals surface area contributed by atoms with Gasteiger partial charge in [0.1, 0.15) is 11.4 Å². The average Bonchev–Trinajstić information content (AvgIpc) is 2.94. The summed E-state index contributed by atoms with van der Waals surface area (Å²) in [6.07, 6.45) is 0.0253. The van der Waals surface area contributed by atoms with Gasteiger partial charge in [0.25, 0.3) is 11.8 Å². The molecule has 0 unspecified atom stereocenters. The van der Waals surface area contributed by atoms with E-state index in [1.807, 2.05) is 20.8 Å². The predicted molar refractivity (Wildman–Crippen MR) is 118 cm³/mol. The number of ether oxygens (including phenoxy) is 1. The maximum absolute atomic E-state index is 13.4. The largest absolute Gasteiger partial charge is 0.491 e. The van der Waals surface area contributed by atoms with E-state index >= 15 is 0 Å². The van der Waals surface area contributed by atoms with Crippen molar-refractivity contribution in [2.45, 2.75) is 26.9 Å². The Labute approximate surface area is 181 Å². The Bertz CT molecular complexity index is 999. The standard InChI is InChI=1S/C23H25ClN2O4/c1-14(2)30-18-9-6-16(7-10-18)20-21(25(4)11-12-27)23(29)26(22(20)28)19-13-17(24)8-5-15(19)3/h5-10,13-14,27H,11-12H2,1-4H3. The molecule has 0 saturated heterocycles. The summed E-state index contributed by atoms with van der Waals surface area (Å²) < 4.78 is 5.68. The highest BCUT2D eigenvalue weighted by molar-refractivity contribution is 6.45. The molecule has 0 aromatic heterocycles. The lowest BCUT2D eigenvalue weighted by molar-refractivity contribution is -0.120. The van der Waals surface area contributed by atoms with Gasteiger partial charge in [0.05, 0.1) is 24.0 Å². The van der Waals surface area contributed by atoms with Gasteiger partial charge in [-0.05, 0) is 56.2 Å². The smallest absolute Gasteiger partial charge is 0.282 e. The zero-order valence-electron chi connectivity index (χ0n) is 17.5. The average molecular weight is 429 g/mol. The number of halogens is 1. The molecule has 0 spiro atoms. The van der Waals surface area contributed by atoms with Gasteiger partial charge in [-0.1, -0.05) is 29.8 Å². The number of imide groups is 1. The zero-order chi connectivity index (χ0) is 22.0. The molecule has 3 rings (SSSR count). The molecule has 1 aliphatic heterocycles. The second-order valence-corrected chi connectivity index (χ2v) is 7.87. The molecule has 2 aromatic rings. The first-order valence-electron chi connectivity index (χ1n) is 9.73. The molecule has 0 aliphatic carbocycles. The van der Waals surface area contributed by atoms with Crippen molar-refractivity contribution in [3.05, 3.63) is 64.3 Å². The van der Waals surface area contributed by atoms with Crippen LogP contribution in [0, 0.1) is 6.92 Å². The first-order chi connectivity index (χ1) is 14.2. The first-order valence-corrected chi connectivity index (χ1v) is 10.1. The molecular weight excluding hydrogens is 404 g/mol. The van der Waals surface area contributed by atoms with Crippen molar-refractivity contribution in [3.63, 3.8) is 0 Å². The van der Waals surface area contributed by atoms with Gasteiger partial charge in [0.15, 0.2) is 0 Å². The van der Waals surface area contributed by atoms with Crippen LogP contribution in [0.1, 0.15) is 25.0 Å². The van der Waals surface area contributed by atoms with Crippen molar-refractivity contribution in [3.8, 4) is 5.75 Å². The SMILES string of the molecule is Cc1ccc(Cl)cc1N1C(=O)C(c2ccc(OC(C)C)cc2)=C(N(C)CCO)C1=O. The highest BCUT2D eigenvalue weighted by Crippen LogP contribution is 2.37. The topological polar surface area (TPSA) is 70.1 Å². The van der Waals surface area contributed by atoms with Crippen molar-refractivity contribution in [2.75, 3.05) is 25.1 Å². The Balaban J connectivity index is 2.09. The number of aliphatic hydroxyl groups excluding tert-OH is 1. The summed E-state index contributed by atoms with van der Waals surface area (Å²) in [4.78, 5) is 29.6. The fourth-order valence-electron chi connectivity index (χ4n) is 3.41. The predicted octanol–water partition coefficient (Wildman–Crippen LogP) is 3.64. The maximum Gasteiger partial charge on any atom is 0.282 e. The van der Waals surface area contributed by atoms with E-state index in [-0.39, 0.29) is 30.5 Å². The van der Waals surface area contributed by atoms with Gasteiger partial charge >= 0.3 is 0 Å². The van der Waals surface area contributed by atoms with Crippen molar-refractivity contribution < 1.29 is 19.4 Å². The number of carbonyl (C=O) groups is 2. The molecule has 2 aromatic carbocycles. The molecule has 1 heterocycles. The van der Waals surface area contributed by atoms with Crippen LogP contribution in [0.2, 0.25) is 5.02 Å². The van der Waals surface area contributed by atoms with Gasteiger partial charge < -0.3 is 14.7 Å². The molecule has 0 saturated carbocycles. The monoisotopic (exact) mass is 428 g/mol. The summed E-state index contributed by atoms with van der Waals surface area (Å²) >= 11 is 6.13. The normalized spacial score (nSPS) is 14.2. The number of benzene rings is 2. The second kappa shape index (κ2) is 8.90. The Hall–Kier alpha value is -2.83. The number of nitrogens with zero attached hydrogens (tertiary/aromatic N) is 2. The van der Waals surface area contributed by atoms with Crippen LogP contribution in [0.15, 0.2) is 48.2 Å². The van der Waals surface area contributed by atoms with Crippen LogP contribution in [-0.2, 0) is 9.59 Å². The fourth-order valence-corrected chi connectivity index (χ4v) is 3.58.